The maximum atomic E-state index is 13.2. The van der Waals surface area contributed by atoms with Gasteiger partial charge in [0.05, 0.1) is 10.0 Å². The predicted octanol–water partition coefficient (Wildman–Crippen LogP) is 5.47. The van der Waals surface area contributed by atoms with E-state index in [0.717, 1.165) is 22.8 Å². The third kappa shape index (κ3) is 5.93. The van der Waals surface area contributed by atoms with Crippen LogP contribution >= 0.6 is 23.2 Å². The molecule has 168 valence electrons. The zero-order valence-electron chi connectivity index (χ0n) is 18.1. The SMILES string of the molecule is CCCNC(=O)[C@H](C)N(Cc1ccc(Cl)c(Cl)c1)C(=O)COc1cccc2ccccc12. The zero-order valence-corrected chi connectivity index (χ0v) is 19.6. The lowest BCUT2D eigenvalue weighted by molar-refractivity contribution is -0.142. The lowest BCUT2D eigenvalue weighted by Crippen LogP contribution is -2.49. The second-order valence-electron chi connectivity index (χ2n) is 7.50. The average Bonchev–Trinajstić information content (AvgIpc) is 2.81. The molecule has 3 rings (SSSR count). The fourth-order valence-electron chi connectivity index (χ4n) is 3.36. The molecule has 0 heterocycles. The van der Waals surface area contributed by atoms with Crippen LogP contribution in [0.4, 0.5) is 0 Å². The van der Waals surface area contributed by atoms with Crippen LogP contribution in [-0.4, -0.2) is 35.9 Å². The molecule has 3 aromatic rings. The van der Waals surface area contributed by atoms with Crippen LogP contribution < -0.4 is 10.1 Å². The number of fused-ring (bicyclic) bond motifs is 1. The highest BCUT2D eigenvalue weighted by atomic mass is 35.5. The molecule has 0 aliphatic rings. The van der Waals surface area contributed by atoms with Gasteiger partial charge < -0.3 is 15.0 Å². The van der Waals surface area contributed by atoms with E-state index >= 15 is 0 Å². The van der Waals surface area contributed by atoms with Gasteiger partial charge in [-0.05, 0) is 42.5 Å². The minimum Gasteiger partial charge on any atom is -0.483 e. The fourth-order valence-corrected chi connectivity index (χ4v) is 3.68. The lowest BCUT2D eigenvalue weighted by Gasteiger charge is -2.29. The maximum Gasteiger partial charge on any atom is 0.261 e. The van der Waals surface area contributed by atoms with Crippen LogP contribution in [0.15, 0.2) is 60.7 Å². The lowest BCUT2D eigenvalue weighted by atomic mass is 10.1. The molecule has 2 amide bonds. The molecule has 0 aromatic heterocycles. The van der Waals surface area contributed by atoms with Crippen molar-refractivity contribution in [2.75, 3.05) is 13.2 Å². The molecule has 1 N–H and O–H groups in total. The molecule has 0 unspecified atom stereocenters. The van der Waals surface area contributed by atoms with Crippen LogP contribution in [0.25, 0.3) is 10.8 Å². The van der Waals surface area contributed by atoms with Gasteiger partial charge in [-0.1, -0.05) is 72.6 Å². The average molecular weight is 473 g/mol. The number of nitrogens with zero attached hydrogens (tertiary/aromatic N) is 1. The van der Waals surface area contributed by atoms with Gasteiger partial charge in [-0.25, -0.2) is 0 Å². The topological polar surface area (TPSA) is 58.6 Å². The van der Waals surface area contributed by atoms with Gasteiger partial charge in [0.2, 0.25) is 5.91 Å². The second kappa shape index (κ2) is 11.2. The van der Waals surface area contributed by atoms with Gasteiger partial charge in [-0.3, -0.25) is 9.59 Å². The van der Waals surface area contributed by atoms with E-state index in [-0.39, 0.29) is 25.0 Å². The predicted molar refractivity (Wildman–Crippen MR) is 129 cm³/mol. The van der Waals surface area contributed by atoms with E-state index in [4.69, 9.17) is 27.9 Å². The van der Waals surface area contributed by atoms with Gasteiger partial charge >= 0.3 is 0 Å². The van der Waals surface area contributed by atoms with Crippen molar-refractivity contribution in [1.82, 2.24) is 10.2 Å². The number of carbonyl (C=O) groups is 2. The first-order valence-electron chi connectivity index (χ1n) is 10.5. The molecular weight excluding hydrogens is 447 g/mol. The summed E-state index contributed by atoms with van der Waals surface area (Å²) in [4.78, 5) is 27.3. The summed E-state index contributed by atoms with van der Waals surface area (Å²) >= 11 is 12.2. The molecule has 32 heavy (non-hydrogen) atoms. The monoisotopic (exact) mass is 472 g/mol. The Hall–Kier alpha value is -2.76. The first kappa shape index (κ1) is 23.9. The van der Waals surface area contributed by atoms with Crippen molar-refractivity contribution in [3.63, 3.8) is 0 Å². The van der Waals surface area contributed by atoms with Gasteiger partial charge in [-0.2, -0.15) is 0 Å². The molecule has 5 nitrogen and oxygen atoms in total. The van der Waals surface area contributed by atoms with Gasteiger partial charge in [0.15, 0.2) is 6.61 Å². The third-order valence-corrected chi connectivity index (χ3v) is 5.89. The number of rotatable bonds is 9. The number of hydrogen-bond acceptors (Lipinski definition) is 3. The normalized spacial score (nSPS) is 11.8. The van der Waals surface area contributed by atoms with E-state index < -0.39 is 6.04 Å². The summed E-state index contributed by atoms with van der Waals surface area (Å²) in [5, 5.41) is 5.63. The van der Waals surface area contributed by atoms with Crippen molar-refractivity contribution in [2.45, 2.75) is 32.9 Å². The summed E-state index contributed by atoms with van der Waals surface area (Å²) in [6.45, 7) is 4.24. The largest absolute Gasteiger partial charge is 0.483 e. The van der Waals surface area contributed by atoms with Crippen molar-refractivity contribution < 1.29 is 14.3 Å². The molecule has 0 saturated heterocycles. The summed E-state index contributed by atoms with van der Waals surface area (Å²) in [6, 6.07) is 18.0. The number of carbonyl (C=O) groups excluding carboxylic acids is 2. The van der Waals surface area contributed by atoms with Crippen molar-refractivity contribution in [3.8, 4) is 5.75 Å². The molecule has 1 atom stereocenters. The van der Waals surface area contributed by atoms with Crippen LogP contribution in [0.3, 0.4) is 0 Å². The number of amides is 2. The zero-order chi connectivity index (χ0) is 23.1. The Morgan fingerprint density at radius 3 is 2.53 bits per heavy atom. The summed E-state index contributed by atoms with van der Waals surface area (Å²) in [5.41, 5.74) is 0.771. The van der Waals surface area contributed by atoms with Crippen LogP contribution in [0, 0.1) is 0 Å². The summed E-state index contributed by atoms with van der Waals surface area (Å²) < 4.78 is 5.88. The molecule has 0 radical (unpaired) electrons. The van der Waals surface area contributed by atoms with Gasteiger partial charge in [0.25, 0.3) is 5.91 Å². The Balaban J connectivity index is 1.79. The number of hydrogen-bond donors (Lipinski definition) is 1. The van der Waals surface area contributed by atoms with E-state index in [1.54, 1.807) is 25.1 Å². The molecule has 0 aliphatic heterocycles. The molecule has 0 fully saturated rings. The minimum absolute atomic E-state index is 0.194. The summed E-state index contributed by atoms with van der Waals surface area (Å²) in [5.74, 6) is 0.0996. The minimum atomic E-state index is -0.681. The Kier molecular flexibility index (Phi) is 8.37. The Morgan fingerprint density at radius 2 is 1.78 bits per heavy atom. The highest BCUT2D eigenvalue weighted by Gasteiger charge is 2.26. The van der Waals surface area contributed by atoms with Crippen LogP contribution in [0.1, 0.15) is 25.8 Å². The quantitative estimate of drug-likeness (QED) is 0.449. The molecule has 0 bridgehead atoms. The van der Waals surface area contributed by atoms with Crippen molar-refractivity contribution in [3.05, 3.63) is 76.3 Å². The summed E-state index contributed by atoms with van der Waals surface area (Å²) in [7, 11) is 0. The molecule has 7 heteroatoms. The fraction of sp³-hybridized carbons (Fsp3) is 0.280. The maximum absolute atomic E-state index is 13.2. The highest BCUT2D eigenvalue weighted by molar-refractivity contribution is 6.42. The molecule has 0 spiro atoms. The molecule has 0 aliphatic carbocycles. The van der Waals surface area contributed by atoms with Gasteiger partial charge in [0.1, 0.15) is 11.8 Å². The van der Waals surface area contributed by atoms with Crippen LogP contribution in [0.5, 0.6) is 5.75 Å². The van der Waals surface area contributed by atoms with E-state index in [9.17, 15) is 9.59 Å². The summed E-state index contributed by atoms with van der Waals surface area (Å²) in [6.07, 6.45) is 0.809. The molecule has 3 aromatic carbocycles. The standard InChI is InChI=1S/C25H26Cl2N2O3/c1-3-13-28-25(31)17(2)29(15-18-11-12-21(26)22(27)14-18)24(30)16-32-23-10-6-8-19-7-4-5-9-20(19)23/h4-12,14,17H,3,13,15-16H2,1-2H3,(H,28,31)/t17-/m0/s1. The Labute approximate surface area is 198 Å². The molecule has 0 saturated carbocycles. The van der Waals surface area contributed by atoms with E-state index in [0.29, 0.717) is 22.3 Å². The number of ether oxygens (including phenoxy) is 1. The van der Waals surface area contributed by atoms with Crippen molar-refractivity contribution in [2.24, 2.45) is 0 Å². The van der Waals surface area contributed by atoms with Crippen LogP contribution in [0.2, 0.25) is 10.0 Å². The molecular formula is C25H26Cl2N2O3. The Morgan fingerprint density at radius 1 is 1.03 bits per heavy atom. The first-order valence-corrected chi connectivity index (χ1v) is 11.3. The van der Waals surface area contributed by atoms with E-state index in [1.165, 1.54) is 4.90 Å². The Bertz CT molecular complexity index is 1100. The van der Waals surface area contributed by atoms with E-state index in [2.05, 4.69) is 5.32 Å². The van der Waals surface area contributed by atoms with Crippen molar-refractivity contribution >= 4 is 45.8 Å². The second-order valence-corrected chi connectivity index (χ2v) is 8.32. The van der Waals surface area contributed by atoms with Gasteiger partial charge in [-0.15, -0.1) is 0 Å². The smallest absolute Gasteiger partial charge is 0.261 e. The van der Waals surface area contributed by atoms with Crippen molar-refractivity contribution in [1.29, 1.82) is 0 Å². The number of benzene rings is 3. The highest BCUT2D eigenvalue weighted by Crippen LogP contribution is 2.26. The number of halogens is 2. The first-order chi connectivity index (χ1) is 15.4. The number of nitrogens with one attached hydrogen (secondary N) is 1. The van der Waals surface area contributed by atoms with Gasteiger partial charge in [0, 0.05) is 18.5 Å². The van der Waals surface area contributed by atoms with E-state index in [1.807, 2.05) is 49.4 Å². The van der Waals surface area contributed by atoms with Crippen LogP contribution in [-0.2, 0) is 16.1 Å². The third-order valence-electron chi connectivity index (χ3n) is 5.15.